The molecule has 0 radical (unpaired) electrons. The average Bonchev–Trinajstić information content (AvgIpc) is 2.05. The highest BCUT2D eigenvalue weighted by molar-refractivity contribution is 7.57. The molecule has 0 aliphatic heterocycles. The Morgan fingerprint density at radius 3 is 2.08 bits per heavy atom. The normalized spacial score (nSPS) is 12.5. The van der Waals surface area contributed by atoms with Crippen molar-refractivity contribution in [1.29, 1.82) is 0 Å². The molecular formula is C9H19O3P. The van der Waals surface area contributed by atoms with Crippen LogP contribution in [0.15, 0.2) is 11.9 Å². The maximum absolute atomic E-state index is 11.8. The van der Waals surface area contributed by atoms with Gasteiger partial charge >= 0.3 is 7.60 Å². The molecule has 13 heavy (non-hydrogen) atoms. The van der Waals surface area contributed by atoms with Gasteiger partial charge in [-0.3, -0.25) is 4.57 Å². The molecule has 0 fully saturated rings. The molecule has 0 aliphatic carbocycles. The second-order valence-corrected chi connectivity index (χ2v) is 4.44. The molecule has 78 valence electrons. The molecule has 0 aliphatic rings. The summed E-state index contributed by atoms with van der Waals surface area (Å²) in [5.41, 5.74) is 0. The van der Waals surface area contributed by atoms with E-state index < -0.39 is 7.60 Å². The van der Waals surface area contributed by atoms with Gasteiger partial charge in [0.05, 0.1) is 13.2 Å². The van der Waals surface area contributed by atoms with E-state index in [1.54, 1.807) is 19.7 Å². The summed E-state index contributed by atoms with van der Waals surface area (Å²) in [7, 11) is -2.93. The largest absolute Gasteiger partial charge is 0.353 e. The van der Waals surface area contributed by atoms with Crippen LogP contribution in [0.1, 0.15) is 33.6 Å². The Bertz CT molecular complexity index is 179. The predicted octanol–water partition coefficient (Wildman–Crippen LogP) is 3.57. The smallest absolute Gasteiger partial charge is 0.306 e. The van der Waals surface area contributed by atoms with E-state index in [1.807, 2.05) is 6.08 Å². The van der Waals surface area contributed by atoms with E-state index in [2.05, 4.69) is 6.92 Å². The van der Waals surface area contributed by atoms with Gasteiger partial charge < -0.3 is 9.05 Å². The lowest BCUT2D eigenvalue weighted by atomic mass is 10.3. The lowest BCUT2D eigenvalue weighted by Gasteiger charge is -2.12. The molecule has 0 atom stereocenters. The van der Waals surface area contributed by atoms with Crippen LogP contribution in [0.5, 0.6) is 0 Å². The van der Waals surface area contributed by atoms with E-state index >= 15 is 0 Å². The summed E-state index contributed by atoms with van der Waals surface area (Å²) in [6, 6.07) is 0. The minimum Gasteiger partial charge on any atom is -0.306 e. The van der Waals surface area contributed by atoms with E-state index in [0.29, 0.717) is 13.2 Å². The monoisotopic (exact) mass is 206 g/mol. The van der Waals surface area contributed by atoms with Gasteiger partial charge in [-0.05, 0) is 20.3 Å². The molecule has 3 nitrogen and oxygen atoms in total. The van der Waals surface area contributed by atoms with Crippen molar-refractivity contribution in [2.75, 3.05) is 13.2 Å². The Kier molecular flexibility index (Phi) is 7.25. The molecule has 0 aromatic rings. The zero-order valence-corrected chi connectivity index (χ0v) is 9.55. The van der Waals surface area contributed by atoms with Crippen molar-refractivity contribution in [3.63, 3.8) is 0 Å². The SMILES string of the molecule is CCC/C=C/P(=O)(OCC)OCC. The molecule has 0 spiro atoms. The Morgan fingerprint density at radius 2 is 1.69 bits per heavy atom. The van der Waals surface area contributed by atoms with E-state index in [1.165, 1.54) is 0 Å². The molecule has 0 saturated carbocycles. The Morgan fingerprint density at radius 1 is 1.15 bits per heavy atom. The molecule has 0 aromatic heterocycles. The van der Waals surface area contributed by atoms with Crippen LogP contribution in [0.3, 0.4) is 0 Å². The third-order valence-electron chi connectivity index (χ3n) is 1.36. The van der Waals surface area contributed by atoms with Gasteiger partial charge in [-0.15, -0.1) is 0 Å². The number of hydrogen-bond donors (Lipinski definition) is 0. The molecular weight excluding hydrogens is 187 g/mol. The molecule has 4 heteroatoms. The van der Waals surface area contributed by atoms with Crippen LogP contribution in [-0.2, 0) is 13.6 Å². The number of hydrogen-bond acceptors (Lipinski definition) is 3. The number of rotatable bonds is 7. The van der Waals surface area contributed by atoms with Crippen LogP contribution in [-0.4, -0.2) is 13.2 Å². The first-order chi connectivity index (χ1) is 6.18. The van der Waals surface area contributed by atoms with Gasteiger partial charge in [-0.2, -0.15) is 0 Å². The summed E-state index contributed by atoms with van der Waals surface area (Å²) in [6.45, 7) is 6.50. The first-order valence-electron chi connectivity index (χ1n) is 4.75. The third-order valence-corrected chi connectivity index (χ3v) is 3.17. The standard InChI is InChI=1S/C9H19O3P/c1-4-7-8-9-13(10,11-5-2)12-6-3/h8-9H,4-7H2,1-3H3/b9-8+. The van der Waals surface area contributed by atoms with Crippen LogP contribution < -0.4 is 0 Å². The summed E-state index contributed by atoms with van der Waals surface area (Å²) in [5, 5.41) is 0. The van der Waals surface area contributed by atoms with Gasteiger partial charge in [0.15, 0.2) is 0 Å². The fourth-order valence-corrected chi connectivity index (χ4v) is 2.23. The van der Waals surface area contributed by atoms with Crippen LogP contribution in [0, 0.1) is 0 Å². The third kappa shape index (κ3) is 6.03. The van der Waals surface area contributed by atoms with Crippen LogP contribution in [0.2, 0.25) is 0 Å². The summed E-state index contributed by atoms with van der Waals surface area (Å²) >= 11 is 0. The molecule has 0 amide bonds. The highest BCUT2D eigenvalue weighted by Gasteiger charge is 2.17. The van der Waals surface area contributed by atoms with E-state index in [9.17, 15) is 4.57 Å². The Hall–Kier alpha value is -0.110. The van der Waals surface area contributed by atoms with Crippen LogP contribution >= 0.6 is 7.60 Å². The van der Waals surface area contributed by atoms with Gasteiger partial charge in [0, 0.05) is 5.82 Å². The molecule has 0 bridgehead atoms. The average molecular weight is 206 g/mol. The quantitative estimate of drug-likeness (QED) is 0.597. The van der Waals surface area contributed by atoms with Crippen molar-refractivity contribution < 1.29 is 13.6 Å². The molecule has 0 saturated heterocycles. The second kappa shape index (κ2) is 7.31. The summed E-state index contributed by atoms with van der Waals surface area (Å²) < 4.78 is 21.9. The van der Waals surface area contributed by atoms with Crippen molar-refractivity contribution in [2.24, 2.45) is 0 Å². The minimum atomic E-state index is -2.93. The van der Waals surface area contributed by atoms with Crippen LogP contribution in [0.25, 0.3) is 0 Å². The molecule has 0 rings (SSSR count). The Balaban J connectivity index is 4.14. The van der Waals surface area contributed by atoms with Crippen molar-refractivity contribution in [3.8, 4) is 0 Å². The molecule has 0 N–H and O–H groups in total. The predicted molar refractivity (Wildman–Crippen MR) is 54.9 cm³/mol. The van der Waals surface area contributed by atoms with Crippen molar-refractivity contribution >= 4 is 7.60 Å². The van der Waals surface area contributed by atoms with Gasteiger partial charge in [-0.1, -0.05) is 19.4 Å². The van der Waals surface area contributed by atoms with Crippen molar-refractivity contribution in [1.82, 2.24) is 0 Å². The van der Waals surface area contributed by atoms with Gasteiger partial charge in [-0.25, -0.2) is 0 Å². The maximum atomic E-state index is 11.8. The summed E-state index contributed by atoms with van der Waals surface area (Å²) in [5.74, 6) is 1.56. The fourth-order valence-electron chi connectivity index (χ4n) is 0.854. The highest BCUT2D eigenvalue weighted by atomic mass is 31.2. The van der Waals surface area contributed by atoms with Gasteiger partial charge in [0.2, 0.25) is 0 Å². The topological polar surface area (TPSA) is 35.5 Å². The van der Waals surface area contributed by atoms with E-state index in [4.69, 9.17) is 9.05 Å². The van der Waals surface area contributed by atoms with Crippen molar-refractivity contribution in [2.45, 2.75) is 33.6 Å². The lowest BCUT2D eigenvalue weighted by molar-refractivity contribution is 0.229. The minimum absolute atomic E-state index is 0.410. The van der Waals surface area contributed by atoms with Crippen molar-refractivity contribution in [3.05, 3.63) is 11.9 Å². The zero-order valence-electron chi connectivity index (χ0n) is 8.66. The van der Waals surface area contributed by atoms with E-state index in [-0.39, 0.29) is 0 Å². The molecule has 0 aromatic carbocycles. The van der Waals surface area contributed by atoms with Gasteiger partial charge in [0.1, 0.15) is 0 Å². The second-order valence-electron chi connectivity index (χ2n) is 2.55. The Labute approximate surface area is 80.7 Å². The first kappa shape index (κ1) is 12.9. The summed E-state index contributed by atoms with van der Waals surface area (Å²) in [4.78, 5) is 0. The molecule has 0 unspecified atom stereocenters. The van der Waals surface area contributed by atoms with Crippen LogP contribution in [0.4, 0.5) is 0 Å². The summed E-state index contributed by atoms with van der Waals surface area (Å²) in [6.07, 6.45) is 3.80. The van der Waals surface area contributed by atoms with Gasteiger partial charge in [0.25, 0.3) is 0 Å². The first-order valence-corrected chi connectivity index (χ1v) is 6.36. The maximum Gasteiger partial charge on any atom is 0.353 e. The number of allylic oxidation sites excluding steroid dienone is 1. The van der Waals surface area contributed by atoms with E-state index in [0.717, 1.165) is 12.8 Å². The zero-order chi connectivity index (χ0) is 10.2. The highest BCUT2D eigenvalue weighted by Crippen LogP contribution is 2.49. The fraction of sp³-hybridized carbons (Fsp3) is 0.778. The lowest BCUT2D eigenvalue weighted by Crippen LogP contribution is -1.92. The molecule has 0 heterocycles. The number of unbranched alkanes of at least 4 members (excludes halogenated alkanes) is 1.